The fraction of sp³-hybridized carbons (Fsp3) is 0.667. The lowest BCUT2D eigenvalue weighted by Gasteiger charge is -2.31. The first-order valence-corrected chi connectivity index (χ1v) is 8.25. The summed E-state index contributed by atoms with van der Waals surface area (Å²) in [6, 6.07) is 6.43. The van der Waals surface area contributed by atoms with E-state index in [2.05, 4.69) is 42.3 Å². The maximum absolute atomic E-state index is 5.91. The van der Waals surface area contributed by atoms with Crippen LogP contribution in [0.25, 0.3) is 0 Å². The zero-order valence-corrected chi connectivity index (χ0v) is 13.8. The van der Waals surface area contributed by atoms with Crippen LogP contribution in [0.4, 0.5) is 0 Å². The van der Waals surface area contributed by atoms with Crippen molar-refractivity contribution in [1.82, 2.24) is 10.2 Å². The molecule has 1 aliphatic rings. The average Bonchev–Trinajstić information content (AvgIpc) is 2.45. The van der Waals surface area contributed by atoms with Crippen molar-refractivity contribution in [2.24, 2.45) is 5.92 Å². The first-order valence-electron chi connectivity index (χ1n) is 8.25. The van der Waals surface area contributed by atoms with E-state index in [-0.39, 0.29) is 0 Å². The summed E-state index contributed by atoms with van der Waals surface area (Å²) in [5.41, 5.74) is 2.55. The highest BCUT2D eigenvalue weighted by atomic mass is 16.5. The molecule has 0 atom stereocenters. The van der Waals surface area contributed by atoms with Gasteiger partial charge >= 0.3 is 0 Å². The summed E-state index contributed by atoms with van der Waals surface area (Å²) in [5.74, 6) is 1.92. The molecule has 0 aliphatic carbocycles. The Morgan fingerprint density at radius 1 is 1.14 bits per heavy atom. The Labute approximate surface area is 129 Å². The Morgan fingerprint density at radius 3 is 2.43 bits per heavy atom. The molecule has 0 aromatic heterocycles. The quantitative estimate of drug-likeness (QED) is 0.835. The number of nitrogens with one attached hydrogen (secondary N) is 1. The minimum absolute atomic E-state index is 0.796. The number of ether oxygens (including phenoxy) is 1. The van der Waals surface area contributed by atoms with Gasteiger partial charge in [-0.25, -0.2) is 0 Å². The van der Waals surface area contributed by atoms with Crippen molar-refractivity contribution in [1.29, 1.82) is 0 Å². The van der Waals surface area contributed by atoms with Crippen molar-refractivity contribution in [3.63, 3.8) is 0 Å². The molecule has 1 aromatic carbocycles. The molecule has 1 aromatic rings. The molecule has 0 amide bonds. The second kappa shape index (κ2) is 8.40. The molecule has 21 heavy (non-hydrogen) atoms. The Morgan fingerprint density at radius 2 is 1.81 bits per heavy atom. The molecule has 0 unspecified atom stereocenters. The van der Waals surface area contributed by atoms with Crippen LogP contribution in [-0.4, -0.2) is 44.7 Å². The highest BCUT2D eigenvalue weighted by Gasteiger charge is 2.18. The standard InChI is InChI=1S/C18H30N2O/c1-15-12-16(2)14-18(13-15)21-11-10-20-8-5-17(6-9-20)4-7-19-3/h12-14,17,19H,4-11H2,1-3H3. The molecule has 0 saturated carbocycles. The molecule has 118 valence electrons. The summed E-state index contributed by atoms with van der Waals surface area (Å²) >= 11 is 0. The predicted molar refractivity (Wildman–Crippen MR) is 89.1 cm³/mol. The Bertz CT molecular complexity index is 405. The van der Waals surface area contributed by atoms with Gasteiger partial charge in [0.2, 0.25) is 0 Å². The van der Waals surface area contributed by atoms with Gasteiger partial charge in [0.05, 0.1) is 0 Å². The highest BCUT2D eigenvalue weighted by Crippen LogP contribution is 2.20. The van der Waals surface area contributed by atoms with Crippen LogP contribution in [0.5, 0.6) is 5.75 Å². The third kappa shape index (κ3) is 5.68. The number of nitrogens with zero attached hydrogens (tertiary/aromatic N) is 1. The van der Waals surface area contributed by atoms with E-state index in [9.17, 15) is 0 Å². The number of hydrogen-bond acceptors (Lipinski definition) is 3. The maximum atomic E-state index is 5.91. The van der Waals surface area contributed by atoms with Crippen molar-refractivity contribution in [2.75, 3.05) is 39.8 Å². The average molecular weight is 290 g/mol. The number of aryl methyl sites for hydroxylation is 2. The third-order valence-corrected chi connectivity index (χ3v) is 4.38. The van der Waals surface area contributed by atoms with Gasteiger partial charge in [-0.2, -0.15) is 0 Å². The van der Waals surface area contributed by atoms with Gasteiger partial charge in [0.15, 0.2) is 0 Å². The van der Waals surface area contributed by atoms with Crippen molar-refractivity contribution in [3.8, 4) is 5.75 Å². The SMILES string of the molecule is CNCCC1CCN(CCOc2cc(C)cc(C)c2)CC1. The van der Waals surface area contributed by atoms with Gasteiger partial charge in [0.25, 0.3) is 0 Å². The lowest BCUT2D eigenvalue weighted by molar-refractivity contribution is 0.151. The maximum Gasteiger partial charge on any atom is 0.119 e. The number of rotatable bonds is 7. The second-order valence-electron chi connectivity index (χ2n) is 6.35. The predicted octanol–water partition coefficient (Wildman–Crippen LogP) is 3.00. The van der Waals surface area contributed by atoms with E-state index in [1.54, 1.807) is 0 Å². The third-order valence-electron chi connectivity index (χ3n) is 4.38. The van der Waals surface area contributed by atoms with Crippen LogP contribution in [0.2, 0.25) is 0 Å². The highest BCUT2D eigenvalue weighted by molar-refractivity contribution is 5.32. The van der Waals surface area contributed by atoms with E-state index in [4.69, 9.17) is 4.74 Å². The van der Waals surface area contributed by atoms with E-state index in [0.29, 0.717) is 0 Å². The molecule has 1 aliphatic heterocycles. The van der Waals surface area contributed by atoms with Gasteiger partial charge in [-0.1, -0.05) is 6.07 Å². The summed E-state index contributed by atoms with van der Waals surface area (Å²) in [4.78, 5) is 2.54. The normalized spacial score (nSPS) is 17.1. The van der Waals surface area contributed by atoms with Gasteiger partial charge in [-0.15, -0.1) is 0 Å². The molecule has 0 radical (unpaired) electrons. The second-order valence-corrected chi connectivity index (χ2v) is 6.35. The van der Waals surface area contributed by atoms with E-state index >= 15 is 0 Å². The van der Waals surface area contributed by atoms with Crippen LogP contribution < -0.4 is 10.1 Å². The van der Waals surface area contributed by atoms with Crippen molar-refractivity contribution >= 4 is 0 Å². The molecule has 1 fully saturated rings. The van der Waals surface area contributed by atoms with Crippen molar-refractivity contribution in [3.05, 3.63) is 29.3 Å². The smallest absolute Gasteiger partial charge is 0.119 e. The Kier molecular flexibility index (Phi) is 6.52. The van der Waals surface area contributed by atoms with Crippen LogP contribution in [-0.2, 0) is 0 Å². The monoisotopic (exact) mass is 290 g/mol. The number of benzene rings is 1. The minimum Gasteiger partial charge on any atom is -0.492 e. The lowest BCUT2D eigenvalue weighted by atomic mass is 9.93. The summed E-state index contributed by atoms with van der Waals surface area (Å²) in [7, 11) is 2.04. The summed E-state index contributed by atoms with van der Waals surface area (Å²) in [5, 5.41) is 3.25. The van der Waals surface area contributed by atoms with Gasteiger partial charge in [0.1, 0.15) is 12.4 Å². The van der Waals surface area contributed by atoms with Crippen LogP contribution in [0, 0.1) is 19.8 Å². The van der Waals surface area contributed by atoms with E-state index in [1.807, 2.05) is 7.05 Å². The summed E-state index contributed by atoms with van der Waals surface area (Å²) in [6.07, 6.45) is 4.00. The zero-order chi connectivity index (χ0) is 15.1. The zero-order valence-electron chi connectivity index (χ0n) is 13.8. The molecular formula is C18H30N2O. The fourth-order valence-electron chi connectivity index (χ4n) is 3.16. The molecule has 2 rings (SSSR count). The minimum atomic E-state index is 0.796. The first kappa shape index (κ1) is 16.3. The topological polar surface area (TPSA) is 24.5 Å². The lowest BCUT2D eigenvalue weighted by Crippen LogP contribution is -2.37. The Balaban J connectivity index is 1.65. The van der Waals surface area contributed by atoms with Crippen LogP contribution >= 0.6 is 0 Å². The summed E-state index contributed by atoms with van der Waals surface area (Å²) < 4.78 is 5.91. The van der Waals surface area contributed by atoms with Gasteiger partial charge < -0.3 is 10.1 Å². The summed E-state index contributed by atoms with van der Waals surface area (Å²) in [6.45, 7) is 9.69. The van der Waals surface area contributed by atoms with Gasteiger partial charge in [0, 0.05) is 6.54 Å². The van der Waals surface area contributed by atoms with E-state index in [1.165, 1.54) is 43.5 Å². The van der Waals surface area contributed by atoms with Gasteiger partial charge in [-0.3, -0.25) is 4.90 Å². The first-order chi connectivity index (χ1) is 10.2. The number of likely N-dealkylation sites (tertiary alicyclic amines) is 1. The van der Waals surface area contributed by atoms with Crippen LogP contribution in [0.3, 0.4) is 0 Å². The number of hydrogen-bond donors (Lipinski definition) is 1. The fourth-order valence-corrected chi connectivity index (χ4v) is 3.16. The van der Waals surface area contributed by atoms with Gasteiger partial charge in [-0.05, 0) is 89.0 Å². The largest absolute Gasteiger partial charge is 0.492 e. The Hall–Kier alpha value is -1.06. The molecule has 1 N–H and O–H groups in total. The van der Waals surface area contributed by atoms with E-state index < -0.39 is 0 Å². The molecule has 1 saturated heterocycles. The van der Waals surface area contributed by atoms with Crippen molar-refractivity contribution < 1.29 is 4.74 Å². The van der Waals surface area contributed by atoms with Crippen molar-refractivity contribution in [2.45, 2.75) is 33.1 Å². The number of piperidine rings is 1. The van der Waals surface area contributed by atoms with Crippen LogP contribution in [0.15, 0.2) is 18.2 Å². The molecule has 1 heterocycles. The molecule has 0 bridgehead atoms. The molecular weight excluding hydrogens is 260 g/mol. The van der Waals surface area contributed by atoms with E-state index in [0.717, 1.165) is 31.4 Å². The van der Waals surface area contributed by atoms with Crippen LogP contribution in [0.1, 0.15) is 30.4 Å². The molecule has 0 spiro atoms. The molecule has 3 nitrogen and oxygen atoms in total. The molecule has 3 heteroatoms.